The summed E-state index contributed by atoms with van der Waals surface area (Å²) in [4.78, 5) is 23.3. The quantitative estimate of drug-likeness (QED) is 0.871. The first-order valence-corrected chi connectivity index (χ1v) is 8.51. The van der Waals surface area contributed by atoms with Gasteiger partial charge in [-0.15, -0.1) is 0 Å². The van der Waals surface area contributed by atoms with E-state index in [9.17, 15) is 9.18 Å². The van der Waals surface area contributed by atoms with Crippen LogP contribution in [0.2, 0.25) is 0 Å². The Hall–Kier alpha value is -2.30. The van der Waals surface area contributed by atoms with Crippen LogP contribution in [0.25, 0.3) is 0 Å². The van der Waals surface area contributed by atoms with Crippen LogP contribution in [0, 0.1) is 5.82 Å². The Kier molecular flexibility index (Phi) is 3.79. The molecule has 4 nitrogen and oxygen atoms in total. The van der Waals surface area contributed by atoms with E-state index < -0.39 is 5.41 Å². The summed E-state index contributed by atoms with van der Waals surface area (Å²) < 4.78 is 14.2. The zero-order valence-corrected chi connectivity index (χ0v) is 13.5. The second-order valence-corrected chi connectivity index (χ2v) is 6.79. The lowest BCUT2D eigenvalue weighted by Crippen LogP contribution is -2.44. The lowest BCUT2D eigenvalue weighted by molar-refractivity contribution is -0.135. The van der Waals surface area contributed by atoms with Gasteiger partial charge in [-0.3, -0.25) is 4.79 Å². The molecule has 24 heavy (non-hydrogen) atoms. The third kappa shape index (κ3) is 2.58. The van der Waals surface area contributed by atoms with Gasteiger partial charge in [0, 0.05) is 36.5 Å². The summed E-state index contributed by atoms with van der Waals surface area (Å²) in [5.41, 5.74) is 0.899. The van der Waals surface area contributed by atoms with Gasteiger partial charge in [0.1, 0.15) is 12.1 Å². The highest BCUT2D eigenvalue weighted by Gasteiger charge is 2.54. The molecule has 1 aliphatic carbocycles. The van der Waals surface area contributed by atoms with Crippen molar-refractivity contribution >= 4 is 5.91 Å². The van der Waals surface area contributed by atoms with Crippen molar-refractivity contribution in [3.63, 3.8) is 0 Å². The second kappa shape index (κ2) is 5.96. The van der Waals surface area contributed by atoms with Crippen molar-refractivity contribution in [3.05, 3.63) is 59.9 Å². The summed E-state index contributed by atoms with van der Waals surface area (Å²) in [7, 11) is 0. The first-order valence-electron chi connectivity index (χ1n) is 8.51. The molecule has 0 spiro atoms. The third-order valence-electron chi connectivity index (χ3n) is 5.28. The maximum Gasteiger partial charge on any atom is 0.233 e. The molecule has 1 saturated carbocycles. The second-order valence-electron chi connectivity index (χ2n) is 6.79. The number of amides is 1. The molecular formula is C19H20FN3O. The van der Waals surface area contributed by atoms with Gasteiger partial charge in [0.25, 0.3) is 0 Å². The summed E-state index contributed by atoms with van der Waals surface area (Å²) >= 11 is 0. The normalized spacial score (nSPS) is 22.2. The maximum atomic E-state index is 14.2. The average Bonchev–Trinajstić information content (AvgIpc) is 3.44. The highest BCUT2D eigenvalue weighted by molar-refractivity contribution is 5.91. The van der Waals surface area contributed by atoms with Gasteiger partial charge in [-0.2, -0.15) is 0 Å². The molecule has 0 radical (unpaired) electrons. The zero-order valence-electron chi connectivity index (χ0n) is 13.5. The van der Waals surface area contributed by atoms with Gasteiger partial charge in [-0.1, -0.05) is 18.2 Å². The van der Waals surface area contributed by atoms with E-state index in [2.05, 4.69) is 9.97 Å². The fraction of sp³-hybridized carbons (Fsp3) is 0.421. The lowest BCUT2D eigenvalue weighted by atomic mass is 9.90. The van der Waals surface area contributed by atoms with Crippen molar-refractivity contribution in [2.75, 3.05) is 13.1 Å². The van der Waals surface area contributed by atoms with Crippen LogP contribution in [0.4, 0.5) is 4.39 Å². The fourth-order valence-electron chi connectivity index (χ4n) is 3.82. The van der Waals surface area contributed by atoms with E-state index in [1.165, 1.54) is 6.07 Å². The molecule has 2 aromatic rings. The van der Waals surface area contributed by atoms with Crippen LogP contribution in [0.5, 0.6) is 0 Å². The summed E-state index contributed by atoms with van der Waals surface area (Å²) in [6.07, 6.45) is 6.74. The van der Waals surface area contributed by atoms with Crippen molar-refractivity contribution in [1.29, 1.82) is 0 Å². The number of rotatable bonds is 3. The van der Waals surface area contributed by atoms with E-state index in [-0.39, 0.29) is 17.6 Å². The summed E-state index contributed by atoms with van der Waals surface area (Å²) in [5.74, 6) is 0.0428. The first kappa shape index (κ1) is 15.2. The molecule has 124 valence electrons. The number of aromatic nitrogens is 2. The molecule has 1 aromatic heterocycles. The molecule has 0 N–H and O–H groups in total. The van der Waals surface area contributed by atoms with E-state index in [4.69, 9.17) is 0 Å². The Bertz CT molecular complexity index is 745. The van der Waals surface area contributed by atoms with Gasteiger partial charge >= 0.3 is 0 Å². The largest absolute Gasteiger partial charge is 0.341 e. The van der Waals surface area contributed by atoms with Crippen LogP contribution in [0.3, 0.4) is 0 Å². The van der Waals surface area contributed by atoms with Crippen LogP contribution in [0.15, 0.2) is 42.9 Å². The van der Waals surface area contributed by atoms with Crippen LogP contribution >= 0.6 is 0 Å². The minimum absolute atomic E-state index is 0.0753. The van der Waals surface area contributed by atoms with Crippen molar-refractivity contribution in [3.8, 4) is 0 Å². The molecule has 5 heteroatoms. The van der Waals surface area contributed by atoms with Gasteiger partial charge < -0.3 is 4.90 Å². The summed E-state index contributed by atoms with van der Waals surface area (Å²) in [6, 6.07) is 8.61. The smallest absolute Gasteiger partial charge is 0.233 e. The van der Waals surface area contributed by atoms with Gasteiger partial charge in [-0.05, 0) is 37.8 Å². The highest BCUT2D eigenvalue weighted by atomic mass is 19.1. The number of halogens is 1. The number of hydrogen-bond acceptors (Lipinski definition) is 3. The molecule has 1 amide bonds. The lowest BCUT2D eigenvalue weighted by Gasteiger charge is -2.35. The monoisotopic (exact) mass is 325 g/mol. The molecule has 2 heterocycles. The Morgan fingerprint density at radius 2 is 2.08 bits per heavy atom. The minimum Gasteiger partial charge on any atom is -0.341 e. The van der Waals surface area contributed by atoms with Gasteiger partial charge in [0.15, 0.2) is 0 Å². The van der Waals surface area contributed by atoms with E-state index in [0.717, 1.165) is 37.9 Å². The molecule has 1 saturated heterocycles. The topological polar surface area (TPSA) is 46.1 Å². The number of likely N-dealkylation sites (tertiary alicyclic amines) is 1. The molecule has 2 aliphatic rings. The molecule has 1 aliphatic heterocycles. The van der Waals surface area contributed by atoms with Gasteiger partial charge in [0.2, 0.25) is 5.91 Å². The average molecular weight is 325 g/mol. The third-order valence-corrected chi connectivity index (χ3v) is 5.28. The Morgan fingerprint density at radius 1 is 1.25 bits per heavy atom. The Balaban J connectivity index is 1.55. The van der Waals surface area contributed by atoms with Crippen LogP contribution in [-0.2, 0) is 10.2 Å². The number of benzene rings is 1. The van der Waals surface area contributed by atoms with Crippen molar-refractivity contribution in [2.24, 2.45) is 0 Å². The van der Waals surface area contributed by atoms with E-state index in [0.29, 0.717) is 12.1 Å². The number of carbonyl (C=O) groups is 1. The van der Waals surface area contributed by atoms with Crippen molar-refractivity contribution < 1.29 is 9.18 Å². The Labute approximate surface area is 140 Å². The predicted octanol–water partition coefficient (Wildman–Crippen LogP) is 3.05. The molecule has 1 atom stereocenters. The Morgan fingerprint density at radius 3 is 2.79 bits per heavy atom. The van der Waals surface area contributed by atoms with Gasteiger partial charge in [0.05, 0.1) is 5.41 Å². The van der Waals surface area contributed by atoms with Crippen LogP contribution < -0.4 is 0 Å². The van der Waals surface area contributed by atoms with Gasteiger partial charge in [-0.25, -0.2) is 14.4 Å². The van der Waals surface area contributed by atoms with Crippen LogP contribution in [-0.4, -0.2) is 33.9 Å². The standard InChI is InChI=1S/C19H20FN3O/c20-16-6-2-1-5-15(16)19(8-9-19)18(24)23-11-3-4-14(12-23)17-7-10-21-13-22-17/h1-2,5-7,10,13-14H,3-4,8-9,11-12H2/t14-/m0/s1. The van der Waals surface area contributed by atoms with Crippen molar-refractivity contribution in [1.82, 2.24) is 14.9 Å². The summed E-state index contributed by atoms with van der Waals surface area (Å²) in [5, 5.41) is 0. The highest BCUT2D eigenvalue weighted by Crippen LogP contribution is 2.51. The number of hydrogen-bond donors (Lipinski definition) is 0. The van der Waals surface area contributed by atoms with E-state index in [1.54, 1.807) is 24.7 Å². The minimum atomic E-state index is -0.640. The first-order chi connectivity index (χ1) is 11.7. The zero-order chi connectivity index (χ0) is 16.6. The molecule has 1 aromatic carbocycles. The fourth-order valence-corrected chi connectivity index (χ4v) is 3.82. The summed E-state index contributed by atoms with van der Waals surface area (Å²) in [6.45, 7) is 1.41. The predicted molar refractivity (Wildman–Crippen MR) is 87.9 cm³/mol. The molecule has 0 unspecified atom stereocenters. The number of carbonyl (C=O) groups excluding carboxylic acids is 1. The number of piperidine rings is 1. The van der Waals surface area contributed by atoms with E-state index >= 15 is 0 Å². The molecular weight excluding hydrogens is 305 g/mol. The number of nitrogens with zero attached hydrogens (tertiary/aromatic N) is 3. The molecule has 0 bridgehead atoms. The molecule has 4 rings (SSSR count). The van der Waals surface area contributed by atoms with E-state index in [1.807, 2.05) is 17.0 Å². The molecule has 2 fully saturated rings. The van der Waals surface area contributed by atoms with Crippen molar-refractivity contribution in [2.45, 2.75) is 37.0 Å². The van der Waals surface area contributed by atoms with Crippen LogP contribution in [0.1, 0.15) is 42.9 Å². The SMILES string of the molecule is O=C(N1CCC[C@H](c2ccncn2)C1)C1(c2ccccc2F)CC1. The maximum absolute atomic E-state index is 14.2.